The third-order valence-corrected chi connectivity index (χ3v) is 5.93. The average Bonchev–Trinajstić information content (AvgIpc) is 3.36. The lowest BCUT2D eigenvalue weighted by Gasteiger charge is -2.24. The van der Waals surface area contributed by atoms with Gasteiger partial charge in [0.25, 0.3) is 5.91 Å². The lowest BCUT2D eigenvalue weighted by molar-refractivity contribution is -0.121. The molecule has 2 heterocycles. The van der Waals surface area contributed by atoms with Crippen molar-refractivity contribution in [3.05, 3.63) is 95.2 Å². The second kappa shape index (κ2) is 8.22. The van der Waals surface area contributed by atoms with E-state index >= 15 is 0 Å². The normalized spacial score (nSPS) is 19.3. The van der Waals surface area contributed by atoms with Gasteiger partial charge in [0.2, 0.25) is 11.7 Å². The highest BCUT2D eigenvalue weighted by Crippen LogP contribution is 2.39. The van der Waals surface area contributed by atoms with E-state index in [4.69, 9.17) is 0 Å². The first-order valence-electron chi connectivity index (χ1n) is 10.5. The van der Waals surface area contributed by atoms with Gasteiger partial charge in [0.05, 0.1) is 17.1 Å². The van der Waals surface area contributed by atoms with Crippen LogP contribution in [0.1, 0.15) is 15.9 Å². The molecule has 2 aliphatic heterocycles. The van der Waals surface area contributed by atoms with E-state index in [1.807, 2.05) is 13.0 Å². The molecule has 0 aliphatic carbocycles. The Kier molecular flexibility index (Phi) is 5.20. The Labute approximate surface area is 194 Å². The molecule has 9 heteroatoms. The summed E-state index contributed by atoms with van der Waals surface area (Å²) in [5.41, 5.74) is 1.85. The predicted molar refractivity (Wildman–Crippen MR) is 126 cm³/mol. The highest BCUT2D eigenvalue weighted by Gasteiger charge is 2.58. The molecule has 2 aliphatic rings. The molecule has 2 unspecified atom stereocenters. The smallest absolute Gasteiger partial charge is 0.259 e. The van der Waals surface area contributed by atoms with Crippen LogP contribution in [0.5, 0.6) is 0 Å². The molecule has 0 radical (unpaired) electrons. The maximum atomic E-state index is 13.5. The van der Waals surface area contributed by atoms with Gasteiger partial charge >= 0.3 is 0 Å². The molecule has 2 atom stereocenters. The number of rotatable bonds is 5. The highest BCUT2D eigenvalue weighted by molar-refractivity contribution is 6.53. The van der Waals surface area contributed by atoms with Crippen molar-refractivity contribution < 1.29 is 19.6 Å². The standard InChI is InChI=1S/C25H19N4O5/c1-15-10-12-16(13-11-15)23(30)21-20-22(28(26-21)17-6-3-2-4-7-17)25(32)27(24(20)31)18-8-5-9-19(14-18)29(33)34/h2-14,20,22,33H,1H3/q-1. The first-order valence-corrected chi connectivity index (χ1v) is 10.5. The van der Waals surface area contributed by atoms with Crippen molar-refractivity contribution in [2.45, 2.75) is 13.0 Å². The fraction of sp³-hybridized carbons (Fsp3) is 0.120. The Morgan fingerprint density at radius 2 is 1.62 bits per heavy atom. The summed E-state index contributed by atoms with van der Waals surface area (Å²) in [6.45, 7) is 1.90. The molecule has 0 aromatic heterocycles. The molecule has 9 nitrogen and oxygen atoms in total. The van der Waals surface area contributed by atoms with Gasteiger partial charge in [-0.2, -0.15) is 5.10 Å². The number of benzene rings is 3. The number of para-hydroxylation sites is 1. The number of nitrogens with zero attached hydrogens (tertiary/aromatic N) is 4. The lowest BCUT2D eigenvalue weighted by atomic mass is 9.92. The zero-order chi connectivity index (χ0) is 24.0. The maximum absolute atomic E-state index is 13.5. The number of anilines is 3. The van der Waals surface area contributed by atoms with Gasteiger partial charge in [-0.25, -0.2) is 4.90 Å². The molecule has 5 rings (SSSR count). The number of aryl methyl sites for hydroxylation is 1. The SMILES string of the molecule is Cc1ccc(C(=O)C2=NN(c3ccccc3)C3C(=O)N(c4cccc(N([O-])O)c4)C(=O)C23)cc1. The Morgan fingerprint density at radius 3 is 2.29 bits per heavy atom. The van der Waals surface area contributed by atoms with E-state index in [-0.39, 0.29) is 22.3 Å². The molecular weight excluding hydrogens is 436 g/mol. The molecule has 0 spiro atoms. The van der Waals surface area contributed by atoms with Gasteiger partial charge in [0, 0.05) is 5.56 Å². The molecule has 0 bridgehead atoms. The van der Waals surface area contributed by atoms with Crippen LogP contribution in [-0.2, 0) is 9.59 Å². The van der Waals surface area contributed by atoms with Crippen LogP contribution in [0.3, 0.4) is 0 Å². The van der Waals surface area contributed by atoms with Crippen LogP contribution < -0.4 is 15.1 Å². The lowest BCUT2D eigenvalue weighted by Crippen LogP contribution is -2.39. The van der Waals surface area contributed by atoms with E-state index in [1.54, 1.807) is 48.5 Å². The number of Topliss-reactive ketones (excluding diaryl/α,β-unsaturated/α-hetero) is 1. The van der Waals surface area contributed by atoms with Gasteiger partial charge in [-0.3, -0.25) is 24.6 Å². The number of hydrazone groups is 1. The molecule has 2 amide bonds. The first kappa shape index (κ1) is 21.5. The van der Waals surface area contributed by atoms with Crippen molar-refractivity contribution in [1.29, 1.82) is 0 Å². The van der Waals surface area contributed by atoms with Gasteiger partial charge in [-0.15, -0.1) is 0 Å². The van der Waals surface area contributed by atoms with Crippen molar-refractivity contribution in [3.8, 4) is 0 Å². The summed E-state index contributed by atoms with van der Waals surface area (Å²) in [5.74, 6) is -2.77. The fourth-order valence-electron chi connectivity index (χ4n) is 4.25. The summed E-state index contributed by atoms with van der Waals surface area (Å²) in [7, 11) is 0. The number of fused-ring (bicyclic) bond motifs is 1. The van der Waals surface area contributed by atoms with Crippen LogP contribution >= 0.6 is 0 Å². The van der Waals surface area contributed by atoms with Crippen LogP contribution in [0.15, 0.2) is 84.0 Å². The Hall–Kier alpha value is -4.34. The first-order chi connectivity index (χ1) is 16.4. The Bertz CT molecular complexity index is 1320. The van der Waals surface area contributed by atoms with E-state index in [0.717, 1.165) is 10.5 Å². The number of carbonyl (C=O) groups is 3. The van der Waals surface area contributed by atoms with Crippen molar-refractivity contribution in [1.82, 2.24) is 0 Å². The second-order valence-electron chi connectivity index (χ2n) is 8.09. The van der Waals surface area contributed by atoms with Gasteiger partial charge in [0.15, 0.2) is 0 Å². The topological polar surface area (TPSA) is 117 Å². The van der Waals surface area contributed by atoms with Gasteiger partial charge in [-0.05, 0) is 37.3 Å². The molecule has 1 N–H and O–H groups in total. The minimum atomic E-state index is -1.12. The fourth-order valence-corrected chi connectivity index (χ4v) is 4.25. The van der Waals surface area contributed by atoms with E-state index in [9.17, 15) is 24.8 Å². The molecule has 3 aromatic rings. The minimum Gasteiger partial charge on any atom is -0.733 e. The van der Waals surface area contributed by atoms with Crippen molar-refractivity contribution in [2.24, 2.45) is 11.0 Å². The molecule has 3 aromatic carbocycles. The van der Waals surface area contributed by atoms with Crippen molar-refractivity contribution in [3.63, 3.8) is 0 Å². The molecule has 34 heavy (non-hydrogen) atoms. The molecule has 170 valence electrons. The van der Waals surface area contributed by atoms with E-state index in [2.05, 4.69) is 5.10 Å². The number of imide groups is 1. The van der Waals surface area contributed by atoms with E-state index < -0.39 is 29.6 Å². The summed E-state index contributed by atoms with van der Waals surface area (Å²) < 4.78 is 0. The maximum Gasteiger partial charge on any atom is 0.259 e. The number of amides is 2. The minimum absolute atomic E-state index is 0.0256. The third kappa shape index (κ3) is 3.43. The number of carbonyl (C=O) groups excluding carboxylic acids is 3. The average molecular weight is 455 g/mol. The van der Waals surface area contributed by atoms with Crippen LogP contribution in [-0.4, -0.2) is 34.6 Å². The molecule has 0 saturated carbocycles. The van der Waals surface area contributed by atoms with Crippen LogP contribution in [0, 0.1) is 18.0 Å². The van der Waals surface area contributed by atoms with E-state index in [0.29, 0.717) is 11.3 Å². The van der Waals surface area contributed by atoms with Crippen LogP contribution in [0.2, 0.25) is 0 Å². The molecule has 1 fully saturated rings. The summed E-state index contributed by atoms with van der Waals surface area (Å²) in [6, 6.07) is 20.2. The zero-order valence-electron chi connectivity index (χ0n) is 18.0. The van der Waals surface area contributed by atoms with E-state index in [1.165, 1.54) is 29.3 Å². The number of hydrogen-bond acceptors (Lipinski definition) is 8. The summed E-state index contributed by atoms with van der Waals surface area (Å²) in [6.07, 6.45) is 0. The predicted octanol–water partition coefficient (Wildman–Crippen LogP) is 3.31. The van der Waals surface area contributed by atoms with Crippen LogP contribution in [0.25, 0.3) is 0 Å². The monoisotopic (exact) mass is 455 g/mol. The third-order valence-electron chi connectivity index (χ3n) is 5.93. The van der Waals surface area contributed by atoms with Gasteiger partial charge < -0.3 is 10.4 Å². The molecular formula is C25H19N4O5-. The molecule has 1 saturated heterocycles. The highest BCUT2D eigenvalue weighted by atomic mass is 16.8. The van der Waals surface area contributed by atoms with Gasteiger partial charge in [0.1, 0.15) is 17.7 Å². The van der Waals surface area contributed by atoms with Crippen LogP contribution in [0.4, 0.5) is 17.1 Å². The number of ketones is 1. The Balaban J connectivity index is 1.60. The van der Waals surface area contributed by atoms with Crippen molar-refractivity contribution >= 4 is 40.4 Å². The quantitative estimate of drug-likeness (QED) is 0.356. The summed E-state index contributed by atoms with van der Waals surface area (Å²) in [4.78, 5) is 41.4. The second-order valence-corrected chi connectivity index (χ2v) is 8.09. The number of hydrogen-bond donors (Lipinski definition) is 1. The summed E-state index contributed by atoms with van der Waals surface area (Å²) >= 11 is 0. The van der Waals surface area contributed by atoms with Gasteiger partial charge in [-0.1, -0.05) is 54.1 Å². The Morgan fingerprint density at radius 1 is 0.941 bits per heavy atom. The summed E-state index contributed by atoms with van der Waals surface area (Å²) in [5, 5.41) is 26.1. The van der Waals surface area contributed by atoms with Crippen molar-refractivity contribution in [2.75, 3.05) is 15.1 Å². The largest absolute Gasteiger partial charge is 0.733 e. The zero-order valence-corrected chi connectivity index (χ0v) is 18.0.